The number of hydrogen-bond acceptors (Lipinski definition) is 5. The van der Waals surface area contributed by atoms with Crippen molar-refractivity contribution in [2.45, 2.75) is 82.8 Å². The molecule has 3 aliphatic heterocycles. The van der Waals surface area contributed by atoms with Gasteiger partial charge in [-0.1, -0.05) is 32.1 Å². The quantitative estimate of drug-likeness (QED) is 0.485. The largest absolute Gasteiger partial charge is 0.390 e. The number of nitrogens with zero attached hydrogens (tertiary/aromatic N) is 4. The summed E-state index contributed by atoms with van der Waals surface area (Å²) >= 11 is 0. The fraction of sp³-hybridized carbons (Fsp3) is 1.00. The molecule has 4 rings (SSSR count). The number of aliphatic hydroxyl groups is 2. The lowest BCUT2D eigenvalue weighted by atomic mass is 9.88. The van der Waals surface area contributed by atoms with E-state index in [2.05, 4.69) is 14.7 Å². The topological polar surface area (TPSA) is 50.2 Å². The number of hydrogen-bond donors (Lipinski definition) is 2. The summed E-state index contributed by atoms with van der Waals surface area (Å²) in [5, 5.41) is 21.9. The van der Waals surface area contributed by atoms with Gasteiger partial charge >= 0.3 is 0 Å². The fourth-order valence-corrected chi connectivity index (χ4v) is 7.21. The van der Waals surface area contributed by atoms with Crippen LogP contribution in [0.15, 0.2) is 0 Å². The molecule has 2 unspecified atom stereocenters. The van der Waals surface area contributed by atoms with Crippen LogP contribution >= 0.6 is 0 Å². The average molecular weight is 466 g/mol. The van der Waals surface area contributed by atoms with Crippen LogP contribution in [0.25, 0.3) is 0 Å². The molecule has 3 saturated heterocycles. The second kappa shape index (κ2) is 13.2. The van der Waals surface area contributed by atoms with Crippen LogP contribution < -0.4 is 0 Å². The van der Waals surface area contributed by atoms with Crippen molar-refractivity contribution in [3.63, 3.8) is 0 Å². The Hall–Kier alpha value is -0.240. The molecule has 2 atom stereocenters. The zero-order valence-electron chi connectivity index (χ0n) is 21.4. The Bertz CT molecular complexity index is 536. The van der Waals surface area contributed by atoms with Gasteiger partial charge in [0.05, 0.1) is 25.7 Å². The van der Waals surface area contributed by atoms with Gasteiger partial charge in [0.2, 0.25) is 0 Å². The Labute approximate surface area is 203 Å². The van der Waals surface area contributed by atoms with Gasteiger partial charge in [0.15, 0.2) is 0 Å². The van der Waals surface area contributed by atoms with Crippen molar-refractivity contribution in [3.05, 3.63) is 0 Å². The highest BCUT2D eigenvalue weighted by Crippen LogP contribution is 2.28. The summed E-state index contributed by atoms with van der Waals surface area (Å²) in [5.41, 5.74) is 0. The van der Waals surface area contributed by atoms with Crippen LogP contribution in [0, 0.1) is 5.92 Å². The Balaban J connectivity index is 1.28. The van der Waals surface area contributed by atoms with E-state index >= 15 is 0 Å². The van der Waals surface area contributed by atoms with Gasteiger partial charge in [-0.05, 0) is 64.7 Å². The number of quaternary nitrogens is 1. The van der Waals surface area contributed by atoms with Crippen LogP contribution in [0.4, 0.5) is 0 Å². The van der Waals surface area contributed by atoms with Crippen LogP contribution in [-0.4, -0.2) is 127 Å². The molecular formula is C27H53N4O2+. The number of piperazine rings is 1. The molecule has 0 aromatic carbocycles. The summed E-state index contributed by atoms with van der Waals surface area (Å²) in [5.74, 6) is 0.845. The minimum absolute atomic E-state index is 0.206. The molecular weight excluding hydrogens is 412 g/mol. The SMILES string of the molecule is OC(CN1CCCCC1)CN1CC[N+](CC(O)CN2CCCCC2)(CC2CCCCC2)CC1. The lowest BCUT2D eigenvalue weighted by Crippen LogP contribution is -2.64. The maximum Gasteiger partial charge on any atom is 0.115 e. The molecule has 4 aliphatic rings. The van der Waals surface area contributed by atoms with Gasteiger partial charge in [-0.15, -0.1) is 0 Å². The van der Waals surface area contributed by atoms with E-state index in [1.807, 2.05) is 0 Å². The Morgan fingerprint density at radius 2 is 1.03 bits per heavy atom. The van der Waals surface area contributed by atoms with Crippen molar-refractivity contribution in [3.8, 4) is 0 Å². The number of aliphatic hydroxyl groups excluding tert-OH is 2. The first-order chi connectivity index (χ1) is 16.1. The molecule has 0 aromatic rings. The van der Waals surface area contributed by atoms with E-state index < -0.39 is 0 Å². The van der Waals surface area contributed by atoms with E-state index in [0.717, 1.165) is 75.8 Å². The van der Waals surface area contributed by atoms with Crippen LogP contribution in [0.3, 0.4) is 0 Å². The first kappa shape index (κ1) is 25.8. The smallest absolute Gasteiger partial charge is 0.115 e. The normalized spacial score (nSPS) is 28.5. The molecule has 2 N–H and O–H groups in total. The molecule has 6 heteroatoms. The summed E-state index contributed by atoms with van der Waals surface area (Å²) in [6, 6.07) is 0. The highest BCUT2D eigenvalue weighted by atomic mass is 16.3. The molecule has 6 nitrogen and oxygen atoms in total. The predicted octanol–water partition coefficient (Wildman–Crippen LogP) is 2.39. The molecule has 0 radical (unpaired) electrons. The summed E-state index contributed by atoms with van der Waals surface area (Å²) in [4.78, 5) is 7.46. The monoisotopic (exact) mass is 465 g/mol. The van der Waals surface area contributed by atoms with E-state index in [1.54, 1.807) is 0 Å². The fourth-order valence-electron chi connectivity index (χ4n) is 7.21. The highest BCUT2D eigenvalue weighted by Gasteiger charge is 2.38. The highest BCUT2D eigenvalue weighted by molar-refractivity contribution is 4.77. The van der Waals surface area contributed by atoms with Gasteiger partial charge in [-0.25, -0.2) is 0 Å². The van der Waals surface area contributed by atoms with E-state index in [1.165, 1.54) is 90.3 Å². The summed E-state index contributed by atoms with van der Waals surface area (Å²) in [7, 11) is 0. The van der Waals surface area contributed by atoms with E-state index in [4.69, 9.17) is 0 Å². The third-order valence-electron chi connectivity index (χ3n) is 9.05. The minimum atomic E-state index is -0.230. The first-order valence-electron chi connectivity index (χ1n) is 14.5. The third kappa shape index (κ3) is 8.43. The second-order valence-electron chi connectivity index (χ2n) is 12.0. The minimum Gasteiger partial charge on any atom is -0.390 e. The molecule has 192 valence electrons. The lowest BCUT2D eigenvalue weighted by Gasteiger charge is -2.48. The number of likely N-dealkylation sites (tertiary alicyclic amines) is 2. The standard InChI is InChI=1S/C27H53N4O2/c32-26(20-28-12-6-2-7-13-28)21-30-16-18-31(19-17-30,23-25-10-4-1-5-11-25)24-27(33)22-29-14-8-3-9-15-29/h25-27,32-33H,1-24H2/q+1. The molecule has 4 fully saturated rings. The third-order valence-corrected chi connectivity index (χ3v) is 9.05. The first-order valence-corrected chi connectivity index (χ1v) is 14.5. The summed E-state index contributed by atoms with van der Waals surface area (Å²) in [6.45, 7) is 13.8. The molecule has 0 amide bonds. The van der Waals surface area contributed by atoms with Gasteiger partial charge in [0.1, 0.15) is 12.6 Å². The van der Waals surface area contributed by atoms with Gasteiger partial charge in [-0.3, -0.25) is 4.90 Å². The van der Waals surface area contributed by atoms with Crippen molar-refractivity contribution >= 4 is 0 Å². The van der Waals surface area contributed by atoms with E-state index in [-0.39, 0.29) is 12.2 Å². The van der Waals surface area contributed by atoms with Crippen molar-refractivity contribution in [2.75, 3.05) is 85.1 Å². The zero-order chi connectivity index (χ0) is 22.9. The van der Waals surface area contributed by atoms with Crippen molar-refractivity contribution in [1.29, 1.82) is 0 Å². The van der Waals surface area contributed by atoms with Gasteiger partial charge in [0.25, 0.3) is 0 Å². The van der Waals surface area contributed by atoms with Gasteiger partial charge in [0, 0.05) is 38.6 Å². The summed E-state index contributed by atoms with van der Waals surface area (Å²) < 4.78 is 1.11. The van der Waals surface area contributed by atoms with E-state index in [0.29, 0.717) is 0 Å². The van der Waals surface area contributed by atoms with Crippen molar-refractivity contribution in [2.24, 2.45) is 5.92 Å². The Morgan fingerprint density at radius 3 is 1.58 bits per heavy atom. The molecule has 3 heterocycles. The lowest BCUT2D eigenvalue weighted by molar-refractivity contribution is -0.937. The van der Waals surface area contributed by atoms with Crippen LogP contribution in [0.1, 0.15) is 70.6 Å². The van der Waals surface area contributed by atoms with Crippen LogP contribution in [0.2, 0.25) is 0 Å². The Morgan fingerprint density at radius 1 is 0.576 bits per heavy atom. The van der Waals surface area contributed by atoms with Crippen LogP contribution in [-0.2, 0) is 0 Å². The average Bonchev–Trinajstić information content (AvgIpc) is 2.82. The van der Waals surface area contributed by atoms with E-state index in [9.17, 15) is 10.2 Å². The molecule has 1 aliphatic carbocycles. The van der Waals surface area contributed by atoms with Gasteiger partial charge < -0.3 is 24.5 Å². The van der Waals surface area contributed by atoms with Crippen molar-refractivity contribution < 1.29 is 14.7 Å². The number of rotatable bonds is 10. The van der Waals surface area contributed by atoms with Crippen LogP contribution in [0.5, 0.6) is 0 Å². The van der Waals surface area contributed by atoms with Crippen molar-refractivity contribution in [1.82, 2.24) is 14.7 Å². The predicted molar refractivity (Wildman–Crippen MR) is 135 cm³/mol. The molecule has 0 aromatic heterocycles. The molecule has 0 spiro atoms. The summed E-state index contributed by atoms with van der Waals surface area (Å²) in [6.07, 6.45) is 14.4. The zero-order valence-corrected chi connectivity index (χ0v) is 21.4. The maximum absolute atomic E-state index is 11.1. The Kier molecular flexibility index (Phi) is 10.3. The number of piperidine rings is 2. The van der Waals surface area contributed by atoms with Gasteiger partial charge in [-0.2, -0.15) is 0 Å². The maximum atomic E-state index is 11.1. The molecule has 1 saturated carbocycles. The molecule has 0 bridgehead atoms. The second-order valence-corrected chi connectivity index (χ2v) is 12.0. The number of β-amino-alcohol motifs (C(OH)–C–C–N with tert-alkyl or cyclic N) is 2. The molecule has 33 heavy (non-hydrogen) atoms.